The Kier molecular flexibility index (Phi) is 4.91. The molecule has 20 heavy (non-hydrogen) atoms. The Hall–Kier alpha value is -1.23. The summed E-state index contributed by atoms with van der Waals surface area (Å²) in [6.07, 6.45) is 0. The van der Waals surface area contributed by atoms with Gasteiger partial charge in [0.15, 0.2) is 0 Å². The predicted octanol–water partition coefficient (Wildman–Crippen LogP) is 4.07. The van der Waals surface area contributed by atoms with Gasteiger partial charge in [-0.2, -0.15) is 0 Å². The molecule has 5 heteroatoms. The average Bonchev–Trinajstić information content (AvgIpc) is 2.82. The van der Waals surface area contributed by atoms with E-state index in [-0.39, 0.29) is 6.04 Å². The van der Waals surface area contributed by atoms with E-state index in [2.05, 4.69) is 17.0 Å². The highest BCUT2D eigenvalue weighted by molar-refractivity contribution is 7.16. The van der Waals surface area contributed by atoms with Crippen molar-refractivity contribution in [1.82, 2.24) is 0 Å². The minimum Gasteiger partial charge on any atom is -0.496 e. The summed E-state index contributed by atoms with van der Waals surface area (Å²) in [5, 5.41) is 0. The molecule has 1 aromatic heterocycles. The van der Waals surface area contributed by atoms with Crippen LogP contribution in [0.15, 0.2) is 30.3 Å². The van der Waals surface area contributed by atoms with E-state index in [0.29, 0.717) is 0 Å². The Labute approximate surface area is 128 Å². The summed E-state index contributed by atoms with van der Waals surface area (Å²) in [6, 6.07) is 9.88. The van der Waals surface area contributed by atoms with E-state index < -0.39 is 0 Å². The quantitative estimate of drug-likeness (QED) is 0.905. The van der Waals surface area contributed by atoms with Crippen molar-refractivity contribution in [3.63, 3.8) is 0 Å². The molecule has 0 aliphatic heterocycles. The molecule has 2 N–H and O–H groups in total. The molecule has 0 aliphatic rings. The Bertz CT molecular complexity index is 583. The van der Waals surface area contributed by atoms with Gasteiger partial charge in [0.25, 0.3) is 0 Å². The SMILES string of the molecule is COc1cccc(N(C)Cc2ccc(Cl)s2)c1[C@H](C)N. The number of hydrogen-bond acceptors (Lipinski definition) is 4. The summed E-state index contributed by atoms with van der Waals surface area (Å²) in [7, 11) is 3.72. The molecule has 1 heterocycles. The first-order valence-corrected chi connectivity index (χ1v) is 7.60. The second-order valence-electron chi connectivity index (χ2n) is 4.74. The van der Waals surface area contributed by atoms with Crippen LogP contribution < -0.4 is 15.4 Å². The molecule has 2 rings (SSSR count). The third kappa shape index (κ3) is 3.26. The van der Waals surface area contributed by atoms with Crippen molar-refractivity contribution in [1.29, 1.82) is 0 Å². The Morgan fingerprint density at radius 2 is 2.10 bits per heavy atom. The summed E-state index contributed by atoms with van der Waals surface area (Å²) >= 11 is 7.58. The summed E-state index contributed by atoms with van der Waals surface area (Å²) in [5.74, 6) is 0.827. The van der Waals surface area contributed by atoms with Crippen LogP contribution in [-0.2, 0) is 6.54 Å². The van der Waals surface area contributed by atoms with Crippen molar-refractivity contribution in [3.8, 4) is 5.75 Å². The molecule has 0 aliphatic carbocycles. The monoisotopic (exact) mass is 310 g/mol. The lowest BCUT2D eigenvalue weighted by atomic mass is 10.0. The smallest absolute Gasteiger partial charge is 0.125 e. The minimum absolute atomic E-state index is 0.0875. The highest BCUT2D eigenvalue weighted by atomic mass is 35.5. The van der Waals surface area contributed by atoms with Gasteiger partial charge in [-0.25, -0.2) is 0 Å². The van der Waals surface area contributed by atoms with Crippen molar-refractivity contribution in [2.24, 2.45) is 5.73 Å². The molecule has 1 aromatic carbocycles. The molecule has 3 nitrogen and oxygen atoms in total. The van der Waals surface area contributed by atoms with Gasteiger partial charge in [0, 0.05) is 29.2 Å². The second-order valence-corrected chi connectivity index (χ2v) is 6.54. The van der Waals surface area contributed by atoms with Gasteiger partial charge in [-0.1, -0.05) is 17.7 Å². The standard InChI is InChI=1S/C15H19ClN2OS/c1-10(17)15-12(5-4-6-13(15)19-3)18(2)9-11-7-8-14(16)20-11/h4-8,10H,9,17H2,1-3H3/t10-/m0/s1. The first-order chi connectivity index (χ1) is 9.52. The number of hydrogen-bond donors (Lipinski definition) is 1. The largest absolute Gasteiger partial charge is 0.496 e. The fourth-order valence-electron chi connectivity index (χ4n) is 2.26. The predicted molar refractivity (Wildman–Crippen MR) is 87.0 cm³/mol. The van der Waals surface area contributed by atoms with Gasteiger partial charge in [0.1, 0.15) is 5.75 Å². The molecule has 2 aromatic rings. The maximum absolute atomic E-state index is 6.10. The van der Waals surface area contributed by atoms with Crippen LogP contribution in [-0.4, -0.2) is 14.2 Å². The first-order valence-electron chi connectivity index (χ1n) is 6.40. The van der Waals surface area contributed by atoms with E-state index in [4.69, 9.17) is 22.1 Å². The molecule has 0 saturated carbocycles. The first kappa shape index (κ1) is 15.2. The van der Waals surface area contributed by atoms with E-state index in [9.17, 15) is 0 Å². The molecule has 108 valence electrons. The number of rotatable bonds is 5. The molecule has 1 atom stereocenters. The van der Waals surface area contributed by atoms with E-state index in [1.165, 1.54) is 4.88 Å². The van der Waals surface area contributed by atoms with Gasteiger partial charge in [-0.15, -0.1) is 11.3 Å². The lowest BCUT2D eigenvalue weighted by Gasteiger charge is -2.25. The van der Waals surface area contributed by atoms with Gasteiger partial charge >= 0.3 is 0 Å². The Balaban J connectivity index is 2.31. The van der Waals surface area contributed by atoms with E-state index in [1.807, 2.05) is 32.2 Å². The van der Waals surface area contributed by atoms with Crippen LogP contribution in [0.5, 0.6) is 5.75 Å². The molecule has 0 saturated heterocycles. The summed E-state index contributed by atoms with van der Waals surface area (Å²) in [4.78, 5) is 3.39. The number of methoxy groups -OCH3 is 1. The highest BCUT2D eigenvalue weighted by Gasteiger charge is 2.16. The van der Waals surface area contributed by atoms with Crippen molar-refractivity contribution in [3.05, 3.63) is 45.1 Å². The van der Waals surface area contributed by atoms with Gasteiger partial charge in [-0.05, 0) is 31.2 Å². The molecule has 0 fully saturated rings. The van der Waals surface area contributed by atoms with Crippen molar-refractivity contribution >= 4 is 28.6 Å². The number of nitrogens with zero attached hydrogens (tertiary/aromatic N) is 1. The zero-order chi connectivity index (χ0) is 14.7. The molecular weight excluding hydrogens is 292 g/mol. The Morgan fingerprint density at radius 3 is 2.65 bits per heavy atom. The topological polar surface area (TPSA) is 38.5 Å². The maximum atomic E-state index is 6.10. The summed E-state index contributed by atoms with van der Waals surface area (Å²) < 4.78 is 6.24. The van der Waals surface area contributed by atoms with E-state index in [0.717, 1.165) is 27.9 Å². The molecule has 0 radical (unpaired) electrons. The van der Waals surface area contributed by atoms with Gasteiger partial charge < -0.3 is 15.4 Å². The maximum Gasteiger partial charge on any atom is 0.125 e. The van der Waals surface area contributed by atoms with Crippen LogP contribution in [0.25, 0.3) is 0 Å². The molecule has 0 spiro atoms. The van der Waals surface area contributed by atoms with Gasteiger partial charge in [0.2, 0.25) is 0 Å². The fourth-order valence-corrected chi connectivity index (χ4v) is 3.40. The number of halogens is 1. The van der Waals surface area contributed by atoms with E-state index in [1.54, 1.807) is 18.4 Å². The Morgan fingerprint density at radius 1 is 1.35 bits per heavy atom. The number of thiophene rings is 1. The van der Waals surface area contributed by atoms with Gasteiger partial charge in [-0.3, -0.25) is 0 Å². The number of nitrogens with two attached hydrogens (primary N) is 1. The van der Waals surface area contributed by atoms with Crippen molar-refractivity contribution in [2.45, 2.75) is 19.5 Å². The molecule has 0 unspecified atom stereocenters. The lowest BCUT2D eigenvalue weighted by Crippen LogP contribution is -2.20. The second kappa shape index (κ2) is 6.48. The lowest BCUT2D eigenvalue weighted by molar-refractivity contribution is 0.407. The van der Waals surface area contributed by atoms with Crippen molar-refractivity contribution in [2.75, 3.05) is 19.1 Å². The summed E-state index contributed by atoms with van der Waals surface area (Å²) in [5.41, 5.74) is 8.22. The zero-order valence-corrected chi connectivity index (χ0v) is 13.5. The highest BCUT2D eigenvalue weighted by Crippen LogP contribution is 2.34. The number of benzene rings is 1. The van der Waals surface area contributed by atoms with Crippen LogP contribution in [0.2, 0.25) is 4.34 Å². The average molecular weight is 311 g/mol. The zero-order valence-electron chi connectivity index (χ0n) is 11.9. The third-order valence-corrected chi connectivity index (χ3v) is 4.37. The fraction of sp³-hybridized carbons (Fsp3) is 0.333. The third-order valence-electron chi connectivity index (χ3n) is 3.15. The van der Waals surface area contributed by atoms with E-state index >= 15 is 0 Å². The molecule has 0 bridgehead atoms. The van der Waals surface area contributed by atoms with Gasteiger partial charge in [0.05, 0.1) is 18.0 Å². The number of anilines is 1. The minimum atomic E-state index is -0.0875. The van der Waals surface area contributed by atoms with Crippen molar-refractivity contribution < 1.29 is 4.74 Å². The van der Waals surface area contributed by atoms with Crippen LogP contribution in [0, 0.1) is 0 Å². The normalized spacial score (nSPS) is 12.2. The van der Waals surface area contributed by atoms with Crippen LogP contribution in [0.1, 0.15) is 23.4 Å². The summed E-state index contributed by atoms with van der Waals surface area (Å²) in [6.45, 7) is 2.77. The number of ether oxygens (including phenoxy) is 1. The van der Waals surface area contributed by atoms with Crippen LogP contribution in [0.4, 0.5) is 5.69 Å². The molecule has 0 amide bonds. The van der Waals surface area contributed by atoms with Crippen LogP contribution in [0.3, 0.4) is 0 Å². The van der Waals surface area contributed by atoms with Crippen LogP contribution >= 0.6 is 22.9 Å². The molecular formula is C15H19ClN2OS.